The molecule has 3 aromatic rings. The van der Waals surface area contributed by atoms with Gasteiger partial charge in [0.1, 0.15) is 11.6 Å². The molecule has 3 rings (SSSR count). The summed E-state index contributed by atoms with van der Waals surface area (Å²) in [5.74, 6) is -0.259. The number of nitrogens with zero attached hydrogens (tertiary/aromatic N) is 4. The molecule has 0 aliphatic carbocycles. The van der Waals surface area contributed by atoms with Gasteiger partial charge in [-0.3, -0.25) is 9.36 Å². The second-order valence-corrected chi connectivity index (χ2v) is 7.53. The third kappa shape index (κ3) is 3.37. The van der Waals surface area contributed by atoms with Gasteiger partial charge in [-0.1, -0.05) is 6.08 Å². The Hall–Kier alpha value is -3.17. The Labute approximate surface area is 168 Å². The SMILES string of the molecule is C=CCn1c(C)cc(C(=O)/C(C#N)=C/c2cc(C)n(-c3nccs3)c2C)c1C. The normalized spacial score (nSPS) is 11.5. The van der Waals surface area contributed by atoms with Crippen LogP contribution in [0.3, 0.4) is 0 Å². The summed E-state index contributed by atoms with van der Waals surface area (Å²) in [6.07, 6.45) is 5.23. The van der Waals surface area contributed by atoms with Crippen molar-refractivity contribution >= 4 is 23.2 Å². The summed E-state index contributed by atoms with van der Waals surface area (Å²) >= 11 is 1.54. The van der Waals surface area contributed by atoms with Crippen LogP contribution in [0.5, 0.6) is 0 Å². The topological polar surface area (TPSA) is 63.6 Å². The summed E-state index contributed by atoms with van der Waals surface area (Å²) in [5.41, 5.74) is 5.30. The first-order valence-electron chi connectivity index (χ1n) is 8.92. The molecule has 28 heavy (non-hydrogen) atoms. The predicted molar refractivity (Wildman–Crippen MR) is 113 cm³/mol. The molecule has 0 N–H and O–H groups in total. The zero-order valence-electron chi connectivity index (χ0n) is 16.5. The number of aromatic nitrogens is 3. The van der Waals surface area contributed by atoms with Crippen molar-refractivity contribution in [1.29, 1.82) is 5.26 Å². The van der Waals surface area contributed by atoms with Crippen molar-refractivity contribution in [3.63, 3.8) is 0 Å². The predicted octanol–water partition coefficient (Wildman–Crippen LogP) is 4.94. The van der Waals surface area contributed by atoms with Crippen LogP contribution in [-0.2, 0) is 6.54 Å². The Morgan fingerprint density at radius 2 is 2.00 bits per heavy atom. The molecule has 0 radical (unpaired) electrons. The largest absolute Gasteiger partial charge is 0.345 e. The fourth-order valence-electron chi connectivity index (χ4n) is 3.44. The summed E-state index contributed by atoms with van der Waals surface area (Å²) in [4.78, 5) is 17.4. The van der Waals surface area contributed by atoms with Crippen LogP contribution >= 0.6 is 11.3 Å². The maximum atomic E-state index is 13.1. The molecule has 3 aromatic heterocycles. The van der Waals surface area contributed by atoms with Crippen LogP contribution in [0.25, 0.3) is 11.2 Å². The molecule has 6 heteroatoms. The van der Waals surface area contributed by atoms with Crippen molar-refractivity contribution < 1.29 is 4.79 Å². The molecule has 142 valence electrons. The first-order valence-corrected chi connectivity index (χ1v) is 9.80. The van der Waals surface area contributed by atoms with E-state index < -0.39 is 0 Å². The molecule has 0 aliphatic rings. The van der Waals surface area contributed by atoms with E-state index in [1.54, 1.807) is 29.7 Å². The van der Waals surface area contributed by atoms with Crippen LogP contribution in [0, 0.1) is 39.0 Å². The lowest BCUT2D eigenvalue weighted by Gasteiger charge is -2.06. The monoisotopic (exact) mass is 390 g/mol. The van der Waals surface area contributed by atoms with E-state index in [2.05, 4.69) is 17.6 Å². The third-order valence-electron chi connectivity index (χ3n) is 4.88. The van der Waals surface area contributed by atoms with Gasteiger partial charge in [-0.25, -0.2) is 4.98 Å². The summed E-state index contributed by atoms with van der Waals surface area (Å²) in [6.45, 7) is 12.2. The Bertz CT molecular complexity index is 1120. The summed E-state index contributed by atoms with van der Waals surface area (Å²) in [6, 6.07) is 5.90. The fourth-order valence-corrected chi connectivity index (χ4v) is 4.20. The molecule has 0 bridgehead atoms. The molecule has 3 heterocycles. The van der Waals surface area contributed by atoms with E-state index in [-0.39, 0.29) is 11.4 Å². The van der Waals surface area contributed by atoms with Gasteiger partial charge in [-0.2, -0.15) is 5.26 Å². The summed E-state index contributed by atoms with van der Waals surface area (Å²) in [7, 11) is 0. The van der Waals surface area contributed by atoms with Gasteiger partial charge in [0.05, 0.1) is 0 Å². The lowest BCUT2D eigenvalue weighted by atomic mass is 10.0. The van der Waals surface area contributed by atoms with Crippen LogP contribution in [0.15, 0.2) is 41.9 Å². The average Bonchev–Trinajstić information content (AvgIpc) is 3.35. The van der Waals surface area contributed by atoms with Crippen LogP contribution < -0.4 is 0 Å². The van der Waals surface area contributed by atoms with Crippen LogP contribution in [-0.4, -0.2) is 19.9 Å². The highest BCUT2D eigenvalue weighted by Gasteiger charge is 2.20. The van der Waals surface area contributed by atoms with Gasteiger partial charge in [0.15, 0.2) is 5.13 Å². The van der Waals surface area contributed by atoms with Crippen molar-refractivity contribution in [2.75, 3.05) is 0 Å². The van der Waals surface area contributed by atoms with Crippen molar-refractivity contribution in [1.82, 2.24) is 14.1 Å². The second-order valence-electron chi connectivity index (χ2n) is 6.66. The maximum Gasteiger partial charge on any atom is 0.205 e. The Morgan fingerprint density at radius 3 is 2.61 bits per heavy atom. The first-order chi connectivity index (χ1) is 13.4. The molecular weight excluding hydrogens is 368 g/mol. The van der Waals surface area contributed by atoms with E-state index >= 15 is 0 Å². The standard InChI is InChI=1S/C22H22N4OS/c1-6-8-25-14(2)11-20(17(25)5)21(27)19(13-23)12-18-10-15(3)26(16(18)4)22-24-7-9-28-22/h6-7,9-12H,1,8H2,2-5H3/b19-12+. The smallest absolute Gasteiger partial charge is 0.205 e. The van der Waals surface area contributed by atoms with Gasteiger partial charge < -0.3 is 4.57 Å². The molecule has 5 nitrogen and oxygen atoms in total. The van der Waals surface area contributed by atoms with E-state index in [9.17, 15) is 10.1 Å². The van der Waals surface area contributed by atoms with Gasteiger partial charge in [-0.05, 0) is 51.5 Å². The van der Waals surface area contributed by atoms with Gasteiger partial charge in [-0.15, -0.1) is 17.9 Å². The van der Waals surface area contributed by atoms with E-state index in [1.807, 2.05) is 54.3 Å². The molecule has 0 aromatic carbocycles. The summed E-state index contributed by atoms with van der Waals surface area (Å²) in [5, 5.41) is 12.5. The molecule has 0 aliphatic heterocycles. The average molecular weight is 391 g/mol. The number of carbonyl (C=O) groups is 1. The van der Waals surface area contributed by atoms with Gasteiger partial charge in [0, 0.05) is 46.5 Å². The minimum absolute atomic E-state index is 0.123. The number of hydrogen-bond acceptors (Lipinski definition) is 4. The third-order valence-corrected chi connectivity index (χ3v) is 5.63. The number of nitriles is 1. The Kier molecular flexibility index (Phi) is 5.48. The van der Waals surface area contributed by atoms with E-state index in [0.29, 0.717) is 12.1 Å². The zero-order valence-corrected chi connectivity index (χ0v) is 17.3. The van der Waals surface area contributed by atoms with Crippen LogP contribution in [0.4, 0.5) is 0 Å². The van der Waals surface area contributed by atoms with E-state index in [4.69, 9.17) is 0 Å². The number of aryl methyl sites for hydroxylation is 2. The van der Waals surface area contributed by atoms with Gasteiger partial charge in [0.25, 0.3) is 0 Å². The van der Waals surface area contributed by atoms with Crippen LogP contribution in [0.2, 0.25) is 0 Å². The van der Waals surface area contributed by atoms with E-state index in [1.165, 1.54) is 0 Å². The molecule has 0 atom stereocenters. The molecule has 0 amide bonds. The Morgan fingerprint density at radius 1 is 1.25 bits per heavy atom. The number of hydrogen-bond donors (Lipinski definition) is 0. The highest BCUT2D eigenvalue weighted by atomic mass is 32.1. The number of Topliss-reactive ketones (excluding diaryl/α,β-unsaturated/α-hetero) is 1. The number of thiazole rings is 1. The molecule has 0 spiro atoms. The first kappa shape index (κ1) is 19.6. The Balaban J connectivity index is 2.03. The molecular formula is C22H22N4OS. The molecule has 0 saturated carbocycles. The van der Waals surface area contributed by atoms with Crippen molar-refractivity contribution in [2.24, 2.45) is 0 Å². The van der Waals surface area contributed by atoms with Crippen molar-refractivity contribution in [3.8, 4) is 11.2 Å². The van der Waals surface area contributed by atoms with E-state index in [0.717, 1.165) is 33.5 Å². The number of allylic oxidation sites excluding steroid dienone is 2. The maximum absolute atomic E-state index is 13.1. The van der Waals surface area contributed by atoms with Crippen molar-refractivity contribution in [3.05, 3.63) is 75.8 Å². The molecule has 0 saturated heterocycles. The lowest BCUT2D eigenvalue weighted by Crippen LogP contribution is -2.06. The lowest BCUT2D eigenvalue weighted by molar-refractivity contribution is 0.103. The summed E-state index contributed by atoms with van der Waals surface area (Å²) < 4.78 is 4.05. The second kappa shape index (κ2) is 7.83. The highest BCUT2D eigenvalue weighted by molar-refractivity contribution is 7.12. The van der Waals surface area contributed by atoms with Crippen LogP contribution in [0.1, 0.15) is 38.7 Å². The zero-order chi connectivity index (χ0) is 20.4. The minimum Gasteiger partial charge on any atom is -0.345 e. The van der Waals surface area contributed by atoms with Gasteiger partial charge >= 0.3 is 0 Å². The van der Waals surface area contributed by atoms with Crippen molar-refractivity contribution in [2.45, 2.75) is 34.2 Å². The van der Waals surface area contributed by atoms with Gasteiger partial charge in [0.2, 0.25) is 5.78 Å². The number of carbonyl (C=O) groups excluding carboxylic acids is 1. The number of ketones is 1. The molecule has 0 unspecified atom stereocenters. The minimum atomic E-state index is -0.259. The highest BCUT2D eigenvalue weighted by Crippen LogP contribution is 2.25. The quantitative estimate of drug-likeness (QED) is 0.259. The number of rotatable bonds is 6. The molecule has 0 fully saturated rings. The fraction of sp³-hybridized carbons (Fsp3) is 0.227.